The summed E-state index contributed by atoms with van der Waals surface area (Å²) in [6, 6.07) is 12.1. The number of hydrogen-bond donors (Lipinski definition) is 7. The predicted octanol–water partition coefficient (Wildman–Crippen LogP) is 2.46. The average molecular weight is 941 g/mol. The number of amides is 5. The van der Waals surface area contributed by atoms with Gasteiger partial charge in [-0.2, -0.15) is 5.26 Å². The number of carbonyl (C=O) groups is 5. The number of nitriles is 1. The van der Waals surface area contributed by atoms with Gasteiger partial charge in [-0.05, 0) is 86.8 Å². The van der Waals surface area contributed by atoms with Crippen LogP contribution < -0.4 is 52.7 Å². The normalized spacial score (nSPS) is 16.3. The molecule has 1 unspecified atom stereocenters. The van der Waals surface area contributed by atoms with E-state index in [9.17, 15) is 24.0 Å². The van der Waals surface area contributed by atoms with Crippen LogP contribution in [0.25, 0.3) is 22.5 Å². The van der Waals surface area contributed by atoms with Crippen molar-refractivity contribution in [3.63, 3.8) is 0 Å². The quantitative estimate of drug-likeness (QED) is 0.0525. The van der Waals surface area contributed by atoms with Crippen molar-refractivity contribution in [1.29, 1.82) is 5.26 Å². The Morgan fingerprint density at radius 2 is 1.60 bits per heavy atom. The van der Waals surface area contributed by atoms with E-state index in [-0.39, 0.29) is 57.8 Å². The smallest absolute Gasteiger partial charge is 0.255 e. The molecule has 0 aliphatic carbocycles. The van der Waals surface area contributed by atoms with Gasteiger partial charge < -0.3 is 57.6 Å². The fourth-order valence-corrected chi connectivity index (χ4v) is 7.51. The standard InChI is InChI=1S/C47H58ClN11O8/c1-5-6-19-65-40-12-9-31(25-35(40)48)42-54-26-34(27(2)55-42)44(61)57-36(13-14-49)47(64)59(4)41-30-8-11-39(67-21-17-52)33(24-30)32-22-29(7-10-38(32)66-20-16-51)23-37(45(62)53-18-15-50)58-43(60)28(3)56-46(41)63/h7-12,22,24-26,28,36-37,41H,5-6,13-14,16-21,23,49,51-52H2,1-4H3,(H,53,62)(H,56,63)(H,57,61)(H,58,60)/t28-,36?,37-,41-/m0/s1. The van der Waals surface area contributed by atoms with Crippen LogP contribution >= 0.6 is 11.6 Å². The minimum absolute atomic E-state index is 0.00578. The second-order valence-corrected chi connectivity index (χ2v) is 16.1. The zero-order valence-electron chi connectivity index (χ0n) is 38.0. The van der Waals surface area contributed by atoms with Gasteiger partial charge in [0, 0.05) is 49.4 Å². The van der Waals surface area contributed by atoms with Gasteiger partial charge in [0.05, 0.1) is 29.0 Å². The summed E-state index contributed by atoms with van der Waals surface area (Å²) in [5.74, 6) is -1.86. The Kier molecular flexibility index (Phi) is 18.8. The minimum atomic E-state index is -1.42. The van der Waals surface area contributed by atoms with Crippen molar-refractivity contribution in [2.75, 3.05) is 53.0 Å². The molecule has 1 aromatic heterocycles. The molecule has 4 atom stereocenters. The van der Waals surface area contributed by atoms with Crippen molar-refractivity contribution in [2.24, 2.45) is 17.2 Å². The van der Waals surface area contributed by atoms with Gasteiger partial charge >= 0.3 is 0 Å². The van der Waals surface area contributed by atoms with E-state index in [4.69, 9.17) is 48.3 Å². The molecule has 1 aliphatic rings. The zero-order chi connectivity index (χ0) is 48.6. The first kappa shape index (κ1) is 51.1. The molecule has 0 fully saturated rings. The number of ether oxygens (including phenoxy) is 3. The highest BCUT2D eigenvalue weighted by Gasteiger charge is 2.36. The molecule has 2 heterocycles. The van der Waals surface area contributed by atoms with E-state index in [2.05, 4.69) is 38.2 Å². The summed E-state index contributed by atoms with van der Waals surface area (Å²) in [5, 5.41) is 20.2. The van der Waals surface area contributed by atoms with Crippen LogP contribution in [0.3, 0.4) is 0 Å². The summed E-state index contributed by atoms with van der Waals surface area (Å²) >= 11 is 6.50. The van der Waals surface area contributed by atoms with E-state index >= 15 is 0 Å². The lowest BCUT2D eigenvalue weighted by molar-refractivity contribution is -0.141. The number of benzene rings is 3. The molecule has 5 amide bonds. The Hall–Kier alpha value is -6.85. The van der Waals surface area contributed by atoms with Crippen LogP contribution in [0.1, 0.15) is 66.3 Å². The molecule has 1 aliphatic heterocycles. The number of unbranched alkanes of at least 4 members (excludes halogenated alkanes) is 1. The van der Waals surface area contributed by atoms with Crippen molar-refractivity contribution < 1.29 is 38.2 Å². The highest BCUT2D eigenvalue weighted by atomic mass is 35.5. The van der Waals surface area contributed by atoms with E-state index in [0.29, 0.717) is 68.2 Å². The molecule has 0 radical (unpaired) electrons. The summed E-state index contributed by atoms with van der Waals surface area (Å²) in [6.07, 6.45) is 3.18. The maximum atomic E-state index is 14.7. The third-order valence-electron chi connectivity index (χ3n) is 10.8. The summed E-state index contributed by atoms with van der Waals surface area (Å²) in [5.41, 5.74) is 20.5. The summed E-state index contributed by atoms with van der Waals surface area (Å²) < 4.78 is 17.9. The van der Waals surface area contributed by atoms with E-state index in [0.717, 1.165) is 17.7 Å². The lowest BCUT2D eigenvalue weighted by Crippen LogP contribution is -2.56. The number of aromatic nitrogens is 2. The molecule has 0 saturated carbocycles. The number of rotatable bonds is 19. The van der Waals surface area contributed by atoms with Gasteiger partial charge in [0.2, 0.25) is 23.6 Å². The maximum absolute atomic E-state index is 14.7. The first-order chi connectivity index (χ1) is 32.2. The summed E-state index contributed by atoms with van der Waals surface area (Å²) in [7, 11) is 1.40. The van der Waals surface area contributed by atoms with Crippen LogP contribution in [-0.4, -0.2) is 116 Å². The zero-order valence-corrected chi connectivity index (χ0v) is 38.8. The number of likely N-dealkylation sites (N-methyl/N-ethyl adjacent to an activating group) is 1. The molecule has 19 nitrogen and oxygen atoms in total. The molecular formula is C47H58ClN11O8. The van der Waals surface area contributed by atoms with Crippen molar-refractivity contribution in [3.8, 4) is 45.8 Å². The Bertz CT molecular complexity index is 2470. The van der Waals surface area contributed by atoms with Gasteiger partial charge in [-0.3, -0.25) is 24.0 Å². The molecular weight excluding hydrogens is 882 g/mol. The number of fused-ring (bicyclic) bond motifs is 5. The van der Waals surface area contributed by atoms with Gasteiger partial charge in [0.25, 0.3) is 5.91 Å². The topological polar surface area (TPSA) is 292 Å². The van der Waals surface area contributed by atoms with E-state index < -0.39 is 53.7 Å². The molecule has 356 valence electrons. The largest absolute Gasteiger partial charge is 0.492 e. The lowest BCUT2D eigenvalue weighted by atomic mass is 9.93. The van der Waals surface area contributed by atoms with Crippen LogP contribution in [-0.2, 0) is 25.6 Å². The highest BCUT2D eigenvalue weighted by molar-refractivity contribution is 6.32. The van der Waals surface area contributed by atoms with Crippen molar-refractivity contribution >= 4 is 41.1 Å². The Labute approximate surface area is 394 Å². The number of aryl methyl sites for hydroxylation is 1. The van der Waals surface area contributed by atoms with E-state index in [1.54, 1.807) is 61.5 Å². The molecule has 0 spiro atoms. The number of halogens is 1. The maximum Gasteiger partial charge on any atom is 0.255 e. The molecule has 10 N–H and O–H groups in total. The second-order valence-electron chi connectivity index (χ2n) is 15.7. The van der Waals surface area contributed by atoms with Gasteiger partial charge in [-0.15, -0.1) is 0 Å². The van der Waals surface area contributed by atoms with Gasteiger partial charge in [0.15, 0.2) is 5.82 Å². The van der Waals surface area contributed by atoms with Crippen LogP contribution in [0, 0.1) is 18.3 Å². The highest BCUT2D eigenvalue weighted by Crippen LogP contribution is 2.40. The van der Waals surface area contributed by atoms with Crippen LogP contribution in [0.5, 0.6) is 17.2 Å². The number of hydrogen-bond acceptors (Lipinski definition) is 14. The number of carbonyl (C=O) groups excluding carboxylic acids is 5. The molecule has 67 heavy (non-hydrogen) atoms. The monoisotopic (exact) mass is 939 g/mol. The fraction of sp³-hybridized carbons (Fsp3) is 0.404. The minimum Gasteiger partial charge on any atom is -0.492 e. The second kappa shape index (κ2) is 24.6. The Morgan fingerprint density at radius 3 is 2.24 bits per heavy atom. The van der Waals surface area contributed by atoms with Crippen molar-refractivity contribution in [3.05, 3.63) is 88.2 Å². The summed E-state index contributed by atoms with van der Waals surface area (Å²) in [4.78, 5) is 80.4. The first-order valence-electron chi connectivity index (χ1n) is 22.0. The summed E-state index contributed by atoms with van der Waals surface area (Å²) in [6.45, 7) is 5.96. The Morgan fingerprint density at radius 1 is 0.925 bits per heavy atom. The third-order valence-corrected chi connectivity index (χ3v) is 11.1. The molecule has 5 rings (SSSR count). The van der Waals surface area contributed by atoms with E-state index in [1.807, 2.05) is 6.07 Å². The number of nitrogens with zero attached hydrogens (tertiary/aromatic N) is 4. The molecule has 3 aromatic carbocycles. The average Bonchev–Trinajstić information content (AvgIpc) is 3.31. The predicted molar refractivity (Wildman–Crippen MR) is 251 cm³/mol. The van der Waals surface area contributed by atoms with Crippen LogP contribution in [0.4, 0.5) is 0 Å². The SMILES string of the molecule is CCCCOc1ccc(-c2ncc(C(=O)NC(CCN)C(=O)N(C)[C@@H]3C(=O)N[C@@H](C)C(=O)N[C@H](C(=O)NCC#N)Cc4ccc(OCCN)c(c4)-c4cc3ccc4OCCN)c(C)n2)cc1Cl. The first-order valence-corrected chi connectivity index (χ1v) is 22.3. The lowest BCUT2D eigenvalue weighted by Gasteiger charge is -2.32. The van der Waals surface area contributed by atoms with Crippen LogP contribution in [0.15, 0.2) is 60.8 Å². The molecule has 20 heteroatoms. The molecule has 0 saturated heterocycles. The van der Waals surface area contributed by atoms with Crippen LogP contribution in [0.2, 0.25) is 5.02 Å². The third kappa shape index (κ3) is 13.2. The van der Waals surface area contributed by atoms with Gasteiger partial charge in [-0.1, -0.05) is 37.1 Å². The van der Waals surface area contributed by atoms with E-state index in [1.165, 1.54) is 20.2 Å². The van der Waals surface area contributed by atoms with Crippen molar-refractivity contribution in [1.82, 2.24) is 36.1 Å². The number of nitrogens with one attached hydrogen (secondary N) is 4. The van der Waals surface area contributed by atoms with Gasteiger partial charge in [0.1, 0.15) is 61.2 Å². The van der Waals surface area contributed by atoms with Gasteiger partial charge in [-0.25, -0.2) is 9.97 Å². The molecule has 4 aromatic rings. The molecule has 4 bridgehead atoms. The fourth-order valence-electron chi connectivity index (χ4n) is 7.28. The van der Waals surface area contributed by atoms with Crippen molar-refractivity contribution in [2.45, 2.75) is 70.6 Å². The number of nitrogens with two attached hydrogens (primary N) is 3. The Balaban J connectivity index is 1.53.